The third-order valence-electron chi connectivity index (χ3n) is 3.59. The Labute approximate surface area is 120 Å². The number of hydrogen-bond acceptors (Lipinski definition) is 6. The van der Waals surface area contributed by atoms with Crippen molar-refractivity contribution in [2.75, 3.05) is 25.1 Å². The van der Waals surface area contributed by atoms with Crippen molar-refractivity contribution in [3.8, 4) is 0 Å². The molecule has 0 radical (unpaired) electrons. The van der Waals surface area contributed by atoms with Gasteiger partial charge in [0.05, 0.1) is 17.1 Å². The lowest BCUT2D eigenvalue weighted by atomic mass is 9.90. The van der Waals surface area contributed by atoms with E-state index in [1.165, 1.54) is 12.1 Å². The van der Waals surface area contributed by atoms with Gasteiger partial charge in [-0.05, 0) is 25.0 Å². The van der Waals surface area contributed by atoms with Gasteiger partial charge in [-0.1, -0.05) is 0 Å². The number of benzene rings is 1. The first-order valence-electron chi connectivity index (χ1n) is 6.46. The van der Waals surface area contributed by atoms with Crippen molar-refractivity contribution in [2.45, 2.75) is 18.4 Å². The van der Waals surface area contributed by atoms with Gasteiger partial charge >= 0.3 is 5.97 Å². The Balaban J connectivity index is 2.30. The molecule has 2 rings (SSSR count). The number of aliphatic hydroxyl groups is 1. The van der Waals surface area contributed by atoms with Crippen LogP contribution in [0.1, 0.15) is 23.2 Å². The van der Waals surface area contributed by atoms with E-state index in [9.17, 15) is 20.0 Å². The summed E-state index contributed by atoms with van der Waals surface area (Å²) in [7, 11) is 0. The van der Waals surface area contributed by atoms with E-state index in [4.69, 9.17) is 9.84 Å². The van der Waals surface area contributed by atoms with E-state index < -0.39 is 22.1 Å². The average molecular weight is 296 g/mol. The Bertz CT molecular complexity index is 554. The van der Waals surface area contributed by atoms with Crippen molar-refractivity contribution in [2.24, 2.45) is 0 Å². The molecule has 1 fully saturated rings. The molecule has 0 bridgehead atoms. The minimum absolute atomic E-state index is 0.129. The molecule has 0 aromatic heterocycles. The average Bonchev–Trinajstić information content (AvgIpc) is 2.47. The van der Waals surface area contributed by atoms with Crippen molar-refractivity contribution in [3.05, 3.63) is 33.9 Å². The Kier molecular flexibility index (Phi) is 4.39. The van der Waals surface area contributed by atoms with Crippen LogP contribution in [-0.4, -0.2) is 46.5 Å². The second-order valence-electron chi connectivity index (χ2n) is 4.97. The Hall–Kier alpha value is -2.19. The first kappa shape index (κ1) is 15.2. The van der Waals surface area contributed by atoms with E-state index in [0.29, 0.717) is 31.7 Å². The first-order valence-corrected chi connectivity index (χ1v) is 6.46. The van der Waals surface area contributed by atoms with Crippen LogP contribution in [0.15, 0.2) is 18.2 Å². The zero-order valence-corrected chi connectivity index (χ0v) is 11.2. The van der Waals surface area contributed by atoms with Crippen LogP contribution in [0.2, 0.25) is 0 Å². The molecular weight excluding hydrogens is 280 g/mol. The third kappa shape index (κ3) is 3.29. The number of nitro benzene ring substituents is 1. The van der Waals surface area contributed by atoms with Crippen LogP contribution in [0.3, 0.4) is 0 Å². The van der Waals surface area contributed by atoms with Gasteiger partial charge in [0.15, 0.2) is 0 Å². The van der Waals surface area contributed by atoms with E-state index in [0.717, 1.165) is 6.07 Å². The van der Waals surface area contributed by atoms with Crippen LogP contribution < -0.4 is 5.32 Å². The monoisotopic (exact) mass is 296 g/mol. The molecule has 1 aliphatic rings. The molecule has 8 heteroatoms. The van der Waals surface area contributed by atoms with Gasteiger partial charge in [0, 0.05) is 25.0 Å². The Morgan fingerprint density at radius 1 is 1.43 bits per heavy atom. The van der Waals surface area contributed by atoms with Crippen molar-refractivity contribution >= 4 is 17.3 Å². The Morgan fingerprint density at radius 2 is 2.10 bits per heavy atom. The lowest BCUT2D eigenvalue weighted by molar-refractivity contribution is -0.385. The standard InChI is InChI=1S/C13H16N2O6/c16-8-13(3-5-21-6-4-13)14-9-1-2-11(15(19)20)10(7-9)12(17)18/h1-2,7,14,16H,3-6,8H2,(H,17,18). The number of hydrogen-bond donors (Lipinski definition) is 3. The summed E-state index contributed by atoms with van der Waals surface area (Å²) in [5.74, 6) is -1.37. The maximum Gasteiger partial charge on any atom is 0.342 e. The van der Waals surface area contributed by atoms with Gasteiger partial charge in [0.2, 0.25) is 0 Å². The molecule has 1 saturated heterocycles. The number of carbonyl (C=O) groups is 1. The molecule has 1 aromatic carbocycles. The largest absolute Gasteiger partial charge is 0.477 e. The molecule has 8 nitrogen and oxygen atoms in total. The molecule has 114 valence electrons. The molecule has 0 unspecified atom stereocenters. The van der Waals surface area contributed by atoms with Gasteiger partial charge in [-0.3, -0.25) is 10.1 Å². The third-order valence-corrected chi connectivity index (χ3v) is 3.59. The number of nitro groups is 1. The summed E-state index contributed by atoms with van der Waals surface area (Å²) in [5.41, 5.74) is -1.01. The number of carboxylic acids is 1. The molecule has 0 amide bonds. The number of ether oxygens (including phenoxy) is 1. The summed E-state index contributed by atoms with van der Waals surface area (Å²) in [4.78, 5) is 21.2. The fraction of sp³-hybridized carbons (Fsp3) is 0.462. The van der Waals surface area contributed by atoms with E-state index in [1.807, 2.05) is 0 Å². The number of anilines is 1. The van der Waals surface area contributed by atoms with Gasteiger partial charge in [0.25, 0.3) is 5.69 Å². The SMILES string of the molecule is O=C(O)c1cc(NC2(CO)CCOCC2)ccc1[N+](=O)[O-]. The van der Waals surface area contributed by atoms with Crippen molar-refractivity contribution in [3.63, 3.8) is 0 Å². The summed E-state index contributed by atoms with van der Waals surface area (Å²) in [5, 5.41) is 32.5. The summed E-state index contributed by atoms with van der Waals surface area (Å²) < 4.78 is 5.24. The fourth-order valence-corrected chi connectivity index (χ4v) is 2.34. The van der Waals surface area contributed by atoms with E-state index >= 15 is 0 Å². The van der Waals surface area contributed by atoms with Crippen molar-refractivity contribution in [1.82, 2.24) is 0 Å². The highest BCUT2D eigenvalue weighted by molar-refractivity contribution is 5.93. The van der Waals surface area contributed by atoms with Crippen LogP contribution >= 0.6 is 0 Å². The molecule has 0 aliphatic carbocycles. The van der Waals surface area contributed by atoms with Crippen LogP contribution in [-0.2, 0) is 4.74 Å². The molecule has 21 heavy (non-hydrogen) atoms. The molecule has 0 saturated carbocycles. The number of carboxylic acid groups (broad SMARTS) is 1. The number of nitrogens with one attached hydrogen (secondary N) is 1. The molecule has 1 heterocycles. The normalized spacial score (nSPS) is 17.2. The molecule has 0 atom stereocenters. The quantitative estimate of drug-likeness (QED) is 0.552. The van der Waals surface area contributed by atoms with Gasteiger partial charge in [-0.2, -0.15) is 0 Å². The highest BCUT2D eigenvalue weighted by Gasteiger charge is 2.32. The summed E-state index contributed by atoms with van der Waals surface area (Å²) >= 11 is 0. The lowest BCUT2D eigenvalue weighted by Gasteiger charge is -2.37. The highest BCUT2D eigenvalue weighted by Crippen LogP contribution is 2.29. The number of rotatable bonds is 5. The van der Waals surface area contributed by atoms with Crippen LogP contribution in [0.4, 0.5) is 11.4 Å². The van der Waals surface area contributed by atoms with E-state index in [-0.39, 0.29) is 12.2 Å². The predicted molar refractivity (Wildman–Crippen MR) is 73.5 cm³/mol. The molecule has 1 aromatic rings. The zero-order valence-electron chi connectivity index (χ0n) is 11.2. The van der Waals surface area contributed by atoms with Gasteiger partial charge < -0.3 is 20.3 Å². The van der Waals surface area contributed by atoms with Gasteiger partial charge in [-0.25, -0.2) is 4.79 Å². The number of aromatic carboxylic acids is 1. The molecule has 1 aliphatic heterocycles. The summed E-state index contributed by atoms with van der Waals surface area (Å²) in [6.07, 6.45) is 1.14. The smallest absolute Gasteiger partial charge is 0.342 e. The zero-order chi connectivity index (χ0) is 15.5. The van der Waals surface area contributed by atoms with Crippen molar-refractivity contribution in [1.29, 1.82) is 0 Å². The van der Waals surface area contributed by atoms with Crippen LogP contribution in [0.25, 0.3) is 0 Å². The number of nitrogens with zero attached hydrogens (tertiary/aromatic N) is 1. The Morgan fingerprint density at radius 3 is 2.62 bits per heavy atom. The minimum atomic E-state index is -1.37. The van der Waals surface area contributed by atoms with E-state index in [2.05, 4.69) is 5.32 Å². The molecular formula is C13H16N2O6. The first-order chi connectivity index (χ1) is 9.97. The minimum Gasteiger partial charge on any atom is -0.477 e. The summed E-state index contributed by atoms with van der Waals surface area (Å²) in [6, 6.07) is 3.81. The number of aliphatic hydroxyl groups excluding tert-OH is 1. The van der Waals surface area contributed by atoms with Gasteiger partial charge in [-0.15, -0.1) is 0 Å². The second kappa shape index (κ2) is 6.06. The maximum atomic E-state index is 11.1. The maximum absolute atomic E-state index is 11.1. The van der Waals surface area contributed by atoms with E-state index in [1.54, 1.807) is 0 Å². The van der Waals surface area contributed by atoms with Crippen molar-refractivity contribution < 1.29 is 24.7 Å². The van der Waals surface area contributed by atoms with Crippen LogP contribution in [0.5, 0.6) is 0 Å². The topological polar surface area (TPSA) is 122 Å². The summed E-state index contributed by atoms with van der Waals surface area (Å²) in [6.45, 7) is 0.856. The predicted octanol–water partition coefficient (Wildman–Crippen LogP) is 1.25. The fourth-order valence-electron chi connectivity index (χ4n) is 2.34. The van der Waals surface area contributed by atoms with Gasteiger partial charge in [0.1, 0.15) is 5.56 Å². The molecule has 3 N–H and O–H groups in total. The highest BCUT2D eigenvalue weighted by atomic mass is 16.6. The van der Waals surface area contributed by atoms with Crippen LogP contribution in [0, 0.1) is 10.1 Å². The molecule has 0 spiro atoms. The second-order valence-corrected chi connectivity index (χ2v) is 4.97. The lowest BCUT2D eigenvalue weighted by Crippen LogP contribution is -2.46.